The molecule has 9 heteroatoms. The summed E-state index contributed by atoms with van der Waals surface area (Å²) in [5.74, 6) is 2.04. The number of hydrogen-bond acceptors (Lipinski definition) is 7. The Morgan fingerprint density at radius 2 is 1.93 bits per heavy atom. The first-order chi connectivity index (χ1) is 14.4. The number of aryl methyl sites for hydroxylation is 1. The van der Waals surface area contributed by atoms with Gasteiger partial charge in [0.1, 0.15) is 17.2 Å². The van der Waals surface area contributed by atoms with Crippen molar-refractivity contribution in [3.63, 3.8) is 0 Å². The van der Waals surface area contributed by atoms with Gasteiger partial charge in [-0.3, -0.25) is 4.79 Å². The molecule has 1 atom stereocenters. The van der Waals surface area contributed by atoms with E-state index >= 15 is 0 Å². The number of ether oxygens (including phenoxy) is 3. The Hall–Kier alpha value is -3.26. The highest BCUT2D eigenvalue weighted by Crippen LogP contribution is 2.31. The quantitative estimate of drug-likeness (QED) is 0.579. The fraction of sp³-hybridized carbons (Fsp3) is 0.286. The van der Waals surface area contributed by atoms with Crippen LogP contribution in [0.3, 0.4) is 0 Å². The molecule has 3 aromatic rings. The number of carbonyl (C=O) groups is 1. The van der Waals surface area contributed by atoms with E-state index in [1.807, 2.05) is 6.92 Å². The lowest BCUT2D eigenvalue weighted by Gasteiger charge is -2.14. The minimum Gasteiger partial charge on any atom is -0.497 e. The molecule has 0 spiro atoms. The van der Waals surface area contributed by atoms with E-state index in [-0.39, 0.29) is 18.3 Å². The standard InChI is InChI=1S/C21H22ClN3O5/c1-12-9-15(6-8-17(12)22)29-13(2)21(26)23-11-19-24-20(25-30-19)16-7-5-14(27-3)10-18(16)28-4/h5-10,13H,11H2,1-4H3,(H,23,26). The first kappa shape index (κ1) is 21.4. The van der Waals surface area contributed by atoms with E-state index in [9.17, 15) is 4.79 Å². The normalized spacial score (nSPS) is 11.6. The van der Waals surface area contributed by atoms with Gasteiger partial charge in [0.2, 0.25) is 11.7 Å². The van der Waals surface area contributed by atoms with Gasteiger partial charge in [0.15, 0.2) is 6.10 Å². The number of rotatable bonds is 8. The number of methoxy groups -OCH3 is 2. The molecular formula is C21H22ClN3O5. The molecule has 3 rings (SSSR count). The average Bonchev–Trinajstić information content (AvgIpc) is 3.22. The summed E-state index contributed by atoms with van der Waals surface area (Å²) in [5, 5.41) is 7.32. The minimum absolute atomic E-state index is 0.0671. The highest BCUT2D eigenvalue weighted by Gasteiger charge is 2.18. The molecule has 0 saturated heterocycles. The first-order valence-corrected chi connectivity index (χ1v) is 9.54. The van der Waals surface area contributed by atoms with Gasteiger partial charge in [-0.05, 0) is 49.7 Å². The first-order valence-electron chi connectivity index (χ1n) is 9.16. The summed E-state index contributed by atoms with van der Waals surface area (Å²) in [7, 11) is 3.12. The maximum Gasteiger partial charge on any atom is 0.261 e. The van der Waals surface area contributed by atoms with E-state index in [2.05, 4.69) is 15.5 Å². The van der Waals surface area contributed by atoms with E-state index in [0.29, 0.717) is 33.7 Å². The van der Waals surface area contributed by atoms with Crippen LogP contribution in [0.4, 0.5) is 0 Å². The van der Waals surface area contributed by atoms with Crippen molar-refractivity contribution in [2.75, 3.05) is 14.2 Å². The summed E-state index contributed by atoms with van der Waals surface area (Å²) in [4.78, 5) is 16.6. The zero-order chi connectivity index (χ0) is 21.7. The highest BCUT2D eigenvalue weighted by molar-refractivity contribution is 6.31. The Morgan fingerprint density at radius 3 is 2.63 bits per heavy atom. The lowest BCUT2D eigenvalue weighted by atomic mass is 10.2. The van der Waals surface area contributed by atoms with Gasteiger partial charge in [-0.25, -0.2) is 0 Å². The molecule has 30 heavy (non-hydrogen) atoms. The van der Waals surface area contributed by atoms with Crippen LogP contribution >= 0.6 is 11.6 Å². The van der Waals surface area contributed by atoms with E-state index in [4.69, 9.17) is 30.3 Å². The van der Waals surface area contributed by atoms with E-state index in [0.717, 1.165) is 5.56 Å². The van der Waals surface area contributed by atoms with Crippen LogP contribution < -0.4 is 19.5 Å². The number of benzene rings is 2. The fourth-order valence-corrected chi connectivity index (χ4v) is 2.79. The van der Waals surface area contributed by atoms with Gasteiger partial charge in [-0.15, -0.1) is 0 Å². The maximum absolute atomic E-state index is 12.3. The molecule has 158 valence electrons. The average molecular weight is 432 g/mol. The molecule has 0 aliphatic carbocycles. The second-order valence-electron chi connectivity index (χ2n) is 6.47. The summed E-state index contributed by atoms with van der Waals surface area (Å²) in [6.07, 6.45) is -0.713. The second-order valence-corrected chi connectivity index (χ2v) is 6.87. The number of nitrogens with zero attached hydrogens (tertiary/aromatic N) is 2. The Kier molecular flexibility index (Phi) is 6.79. The molecule has 8 nitrogen and oxygen atoms in total. The highest BCUT2D eigenvalue weighted by atomic mass is 35.5. The lowest BCUT2D eigenvalue weighted by molar-refractivity contribution is -0.127. The number of aromatic nitrogens is 2. The van der Waals surface area contributed by atoms with Crippen molar-refractivity contribution in [1.82, 2.24) is 15.5 Å². The van der Waals surface area contributed by atoms with E-state index in [1.54, 1.807) is 57.5 Å². The van der Waals surface area contributed by atoms with Crippen molar-refractivity contribution in [2.45, 2.75) is 26.5 Å². The molecule has 0 saturated carbocycles. The van der Waals surface area contributed by atoms with Gasteiger partial charge in [-0.2, -0.15) is 4.98 Å². The Labute approximate surface area is 179 Å². The topological polar surface area (TPSA) is 95.7 Å². The van der Waals surface area contributed by atoms with Crippen LogP contribution in [0.25, 0.3) is 11.4 Å². The SMILES string of the molecule is COc1ccc(-c2noc(CNC(=O)C(C)Oc3ccc(Cl)c(C)c3)n2)c(OC)c1. The van der Waals surface area contributed by atoms with Gasteiger partial charge in [0, 0.05) is 11.1 Å². The van der Waals surface area contributed by atoms with Crippen molar-refractivity contribution in [3.05, 3.63) is 52.9 Å². The van der Waals surface area contributed by atoms with Crippen molar-refractivity contribution in [2.24, 2.45) is 0 Å². The number of halogens is 1. The molecule has 1 N–H and O–H groups in total. The summed E-state index contributed by atoms with van der Waals surface area (Å²) in [5.41, 5.74) is 1.52. The van der Waals surface area contributed by atoms with Crippen molar-refractivity contribution < 1.29 is 23.5 Å². The van der Waals surface area contributed by atoms with Gasteiger partial charge >= 0.3 is 0 Å². The van der Waals surface area contributed by atoms with Crippen LogP contribution in [0.15, 0.2) is 40.9 Å². The van der Waals surface area contributed by atoms with Gasteiger partial charge < -0.3 is 24.1 Å². The molecule has 0 aliphatic heterocycles. The molecule has 2 aromatic carbocycles. The third kappa shape index (κ3) is 5.01. The molecule has 0 radical (unpaired) electrons. The van der Waals surface area contributed by atoms with Crippen molar-refractivity contribution >= 4 is 17.5 Å². The van der Waals surface area contributed by atoms with Gasteiger partial charge in [-0.1, -0.05) is 16.8 Å². The smallest absolute Gasteiger partial charge is 0.261 e. The molecule has 1 amide bonds. The fourth-order valence-electron chi connectivity index (χ4n) is 2.67. The minimum atomic E-state index is -0.713. The Balaban J connectivity index is 1.61. The third-order valence-electron chi connectivity index (χ3n) is 4.34. The Bertz CT molecular complexity index is 1040. The van der Waals surface area contributed by atoms with Gasteiger partial charge in [0.05, 0.1) is 26.3 Å². The lowest BCUT2D eigenvalue weighted by Crippen LogP contribution is -2.36. The molecular weight excluding hydrogens is 410 g/mol. The van der Waals surface area contributed by atoms with Crippen molar-refractivity contribution in [3.8, 4) is 28.6 Å². The predicted octanol–water partition coefficient (Wildman–Crippen LogP) is 3.80. The molecule has 0 bridgehead atoms. The second kappa shape index (κ2) is 9.49. The molecule has 1 unspecified atom stereocenters. The molecule has 0 aliphatic rings. The number of amides is 1. The Morgan fingerprint density at radius 1 is 1.17 bits per heavy atom. The summed E-state index contributed by atoms with van der Waals surface area (Å²) >= 11 is 6.01. The van der Waals surface area contributed by atoms with Gasteiger partial charge in [0.25, 0.3) is 5.91 Å². The summed E-state index contributed by atoms with van der Waals surface area (Å²) in [6, 6.07) is 10.5. The summed E-state index contributed by atoms with van der Waals surface area (Å²) in [6.45, 7) is 3.59. The van der Waals surface area contributed by atoms with E-state index in [1.165, 1.54) is 0 Å². The number of carbonyl (C=O) groups excluding carboxylic acids is 1. The summed E-state index contributed by atoms with van der Waals surface area (Å²) < 4.78 is 21.4. The molecule has 1 aromatic heterocycles. The predicted molar refractivity (Wildman–Crippen MR) is 111 cm³/mol. The number of hydrogen-bond donors (Lipinski definition) is 1. The van der Waals surface area contributed by atoms with Crippen LogP contribution in [0.1, 0.15) is 18.4 Å². The van der Waals surface area contributed by atoms with Crippen molar-refractivity contribution in [1.29, 1.82) is 0 Å². The van der Waals surface area contributed by atoms with Crippen LogP contribution in [-0.2, 0) is 11.3 Å². The van der Waals surface area contributed by atoms with Crippen LogP contribution in [0.5, 0.6) is 17.2 Å². The molecule has 0 fully saturated rings. The zero-order valence-corrected chi connectivity index (χ0v) is 17.8. The van der Waals surface area contributed by atoms with Crippen LogP contribution in [0, 0.1) is 6.92 Å². The molecule has 1 heterocycles. The number of nitrogens with one attached hydrogen (secondary N) is 1. The van der Waals surface area contributed by atoms with Crippen LogP contribution in [0.2, 0.25) is 5.02 Å². The largest absolute Gasteiger partial charge is 0.497 e. The zero-order valence-electron chi connectivity index (χ0n) is 17.1. The maximum atomic E-state index is 12.3. The van der Waals surface area contributed by atoms with Crippen LogP contribution in [-0.4, -0.2) is 36.4 Å². The monoisotopic (exact) mass is 431 g/mol. The third-order valence-corrected chi connectivity index (χ3v) is 4.77. The van der Waals surface area contributed by atoms with E-state index < -0.39 is 6.10 Å².